The van der Waals surface area contributed by atoms with E-state index in [0.717, 1.165) is 11.8 Å². The molecule has 0 radical (unpaired) electrons. The Balaban J connectivity index is 2.00. The number of carbonyl (C=O) groups is 1. The molecular weight excluding hydrogens is 160 g/mol. The van der Waals surface area contributed by atoms with Crippen molar-refractivity contribution in [2.24, 2.45) is 29.1 Å². The van der Waals surface area contributed by atoms with E-state index in [1.54, 1.807) is 0 Å². The Labute approximate surface area is 79.2 Å². The first kappa shape index (κ1) is 7.78. The Bertz CT molecular complexity index is 304. The van der Waals surface area contributed by atoms with Gasteiger partial charge in [-0.1, -0.05) is 26.3 Å². The van der Waals surface area contributed by atoms with Crippen molar-refractivity contribution >= 4 is 5.78 Å². The summed E-state index contributed by atoms with van der Waals surface area (Å²) in [5, 5.41) is 0. The standard InChI is InChI=1S/C12H16O/c1-7-3-4-8-10(7)11-9(13)5-6-12(8,11)2/h5-8,10-11H,3-4H2,1-2H3. The molecule has 5 unspecified atom stereocenters. The van der Waals surface area contributed by atoms with E-state index in [4.69, 9.17) is 0 Å². The van der Waals surface area contributed by atoms with Crippen molar-refractivity contribution in [1.29, 1.82) is 0 Å². The lowest BCUT2D eigenvalue weighted by molar-refractivity contribution is -0.137. The lowest BCUT2D eigenvalue weighted by Crippen LogP contribution is -2.53. The second-order valence-corrected chi connectivity index (χ2v) is 5.32. The van der Waals surface area contributed by atoms with Crippen molar-refractivity contribution in [3.8, 4) is 0 Å². The van der Waals surface area contributed by atoms with E-state index in [2.05, 4.69) is 19.9 Å². The predicted octanol–water partition coefficient (Wildman–Crippen LogP) is 2.42. The van der Waals surface area contributed by atoms with Gasteiger partial charge < -0.3 is 0 Å². The molecule has 2 saturated carbocycles. The first-order chi connectivity index (χ1) is 6.14. The van der Waals surface area contributed by atoms with Gasteiger partial charge in [0.25, 0.3) is 0 Å². The number of ketones is 1. The van der Waals surface area contributed by atoms with E-state index in [1.165, 1.54) is 12.8 Å². The molecule has 3 aliphatic rings. The largest absolute Gasteiger partial charge is 0.295 e. The zero-order valence-corrected chi connectivity index (χ0v) is 8.29. The minimum atomic E-state index is 0.256. The Morgan fingerprint density at radius 1 is 1.46 bits per heavy atom. The molecular formula is C12H16O. The van der Waals surface area contributed by atoms with Crippen LogP contribution in [0.1, 0.15) is 26.7 Å². The van der Waals surface area contributed by atoms with Crippen molar-refractivity contribution in [1.82, 2.24) is 0 Å². The van der Waals surface area contributed by atoms with Crippen LogP contribution in [0, 0.1) is 29.1 Å². The van der Waals surface area contributed by atoms with Crippen molar-refractivity contribution in [3.63, 3.8) is 0 Å². The Hall–Kier alpha value is -0.590. The summed E-state index contributed by atoms with van der Waals surface area (Å²) in [7, 11) is 0. The van der Waals surface area contributed by atoms with E-state index in [-0.39, 0.29) is 5.41 Å². The highest BCUT2D eigenvalue weighted by atomic mass is 16.1. The van der Waals surface area contributed by atoms with Gasteiger partial charge in [0.05, 0.1) is 0 Å². The topological polar surface area (TPSA) is 17.1 Å². The Kier molecular flexibility index (Phi) is 1.24. The number of hydrogen-bond acceptors (Lipinski definition) is 1. The molecule has 1 heteroatoms. The van der Waals surface area contributed by atoms with Gasteiger partial charge in [-0.25, -0.2) is 0 Å². The lowest BCUT2D eigenvalue weighted by Gasteiger charge is -2.54. The Morgan fingerprint density at radius 3 is 3.00 bits per heavy atom. The van der Waals surface area contributed by atoms with E-state index < -0.39 is 0 Å². The number of fused-ring (bicyclic) bond motifs is 4. The lowest BCUT2D eigenvalue weighted by atomic mass is 9.48. The maximum Gasteiger partial charge on any atom is 0.159 e. The fourth-order valence-electron chi connectivity index (χ4n) is 4.13. The minimum Gasteiger partial charge on any atom is -0.295 e. The molecule has 2 fully saturated rings. The van der Waals surface area contributed by atoms with Crippen LogP contribution < -0.4 is 0 Å². The summed E-state index contributed by atoms with van der Waals surface area (Å²) in [5.74, 6) is 3.07. The van der Waals surface area contributed by atoms with E-state index >= 15 is 0 Å². The maximum atomic E-state index is 11.6. The average molecular weight is 176 g/mol. The van der Waals surface area contributed by atoms with E-state index in [1.807, 2.05) is 6.08 Å². The van der Waals surface area contributed by atoms with Crippen molar-refractivity contribution in [3.05, 3.63) is 12.2 Å². The molecule has 0 heterocycles. The van der Waals surface area contributed by atoms with Crippen LogP contribution in [0.2, 0.25) is 0 Å². The number of allylic oxidation sites excluding steroid dienone is 2. The molecule has 0 aromatic heterocycles. The third kappa shape index (κ3) is 0.685. The molecule has 0 aromatic rings. The van der Waals surface area contributed by atoms with E-state index in [9.17, 15) is 4.79 Å². The van der Waals surface area contributed by atoms with E-state index in [0.29, 0.717) is 17.6 Å². The molecule has 0 bridgehead atoms. The summed E-state index contributed by atoms with van der Waals surface area (Å²) >= 11 is 0. The summed E-state index contributed by atoms with van der Waals surface area (Å²) in [6.07, 6.45) is 6.69. The zero-order chi connectivity index (χ0) is 9.22. The van der Waals surface area contributed by atoms with Crippen LogP contribution in [-0.2, 0) is 4.79 Å². The summed E-state index contributed by atoms with van der Waals surface area (Å²) in [5.41, 5.74) is 0.256. The molecule has 5 atom stereocenters. The fraction of sp³-hybridized carbons (Fsp3) is 0.750. The van der Waals surface area contributed by atoms with Gasteiger partial charge in [0.15, 0.2) is 5.78 Å². The third-order valence-electron chi connectivity index (χ3n) is 4.82. The van der Waals surface area contributed by atoms with Crippen LogP contribution in [0.3, 0.4) is 0 Å². The van der Waals surface area contributed by atoms with Gasteiger partial charge in [-0.15, -0.1) is 0 Å². The van der Waals surface area contributed by atoms with Gasteiger partial charge >= 0.3 is 0 Å². The number of carbonyl (C=O) groups excluding carboxylic acids is 1. The van der Waals surface area contributed by atoms with Crippen molar-refractivity contribution < 1.29 is 4.79 Å². The summed E-state index contributed by atoms with van der Waals surface area (Å²) in [6.45, 7) is 4.59. The highest BCUT2D eigenvalue weighted by molar-refractivity contribution is 5.97. The molecule has 1 nitrogen and oxygen atoms in total. The summed E-state index contributed by atoms with van der Waals surface area (Å²) < 4.78 is 0. The van der Waals surface area contributed by atoms with Crippen molar-refractivity contribution in [2.45, 2.75) is 26.7 Å². The highest BCUT2D eigenvalue weighted by Crippen LogP contribution is 2.67. The van der Waals surface area contributed by atoms with Gasteiger partial charge in [0.1, 0.15) is 0 Å². The first-order valence-electron chi connectivity index (χ1n) is 5.37. The molecule has 3 rings (SSSR count). The zero-order valence-electron chi connectivity index (χ0n) is 8.29. The summed E-state index contributed by atoms with van der Waals surface area (Å²) in [6, 6.07) is 0. The summed E-state index contributed by atoms with van der Waals surface area (Å²) in [4.78, 5) is 11.6. The Morgan fingerprint density at radius 2 is 2.23 bits per heavy atom. The molecule has 0 spiro atoms. The first-order valence-corrected chi connectivity index (χ1v) is 5.37. The van der Waals surface area contributed by atoms with Crippen LogP contribution >= 0.6 is 0 Å². The predicted molar refractivity (Wildman–Crippen MR) is 51.1 cm³/mol. The minimum absolute atomic E-state index is 0.256. The average Bonchev–Trinajstić information content (AvgIpc) is 2.50. The molecule has 0 saturated heterocycles. The SMILES string of the molecule is CC1CCC2C1C1C(=O)C=CC21C. The molecule has 0 amide bonds. The highest BCUT2D eigenvalue weighted by Gasteiger charge is 2.65. The smallest absolute Gasteiger partial charge is 0.159 e. The second-order valence-electron chi connectivity index (χ2n) is 5.32. The van der Waals surface area contributed by atoms with Gasteiger partial charge in [-0.05, 0) is 35.7 Å². The molecule has 70 valence electrons. The van der Waals surface area contributed by atoms with Crippen LogP contribution in [-0.4, -0.2) is 5.78 Å². The van der Waals surface area contributed by atoms with Gasteiger partial charge in [0.2, 0.25) is 0 Å². The van der Waals surface area contributed by atoms with Crippen molar-refractivity contribution in [2.75, 3.05) is 0 Å². The molecule has 0 aromatic carbocycles. The fourth-order valence-corrected chi connectivity index (χ4v) is 4.13. The molecule has 0 aliphatic heterocycles. The van der Waals surface area contributed by atoms with Gasteiger partial charge in [-0.2, -0.15) is 0 Å². The number of rotatable bonds is 0. The second kappa shape index (κ2) is 2.08. The molecule has 3 aliphatic carbocycles. The van der Waals surface area contributed by atoms with Crippen LogP contribution in [0.5, 0.6) is 0 Å². The van der Waals surface area contributed by atoms with Crippen LogP contribution in [0.15, 0.2) is 12.2 Å². The van der Waals surface area contributed by atoms with Crippen LogP contribution in [0.25, 0.3) is 0 Å². The monoisotopic (exact) mass is 176 g/mol. The third-order valence-corrected chi connectivity index (χ3v) is 4.82. The quantitative estimate of drug-likeness (QED) is 0.554. The maximum absolute atomic E-state index is 11.6. The van der Waals surface area contributed by atoms with Gasteiger partial charge in [0, 0.05) is 5.92 Å². The molecule has 0 N–H and O–H groups in total. The van der Waals surface area contributed by atoms with Crippen LogP contribution in [0.4, 0.5) is 0 Å². The normalized spacial score (nSPS) is 57.5. The number of hydrogen-bond donors (Lipinski definition) is 0. The molecule has 13 heavy (non-hydrogen) atoms. The van der Waals surface area contributed by atoms with Gasteiger partial charge in [-0.3, -0.25) is 4.79 Å².